The number of alkyl halides is 4. The normalized spacial score (nSPS) is 20.2. The van der Waals surface area contributed by atoms with Crippen LogP contribution in [0.1, 0.15) is 31.0 Å². The first kappa shape index (κ1) is 22.0. The fourth-order valence-electron chi connectivity index (χ4n) is 3.80. The van der Waals surface area contributed by atoms with Crippen LogP contribution in [0.4, 0.5) is 34.1 Å². The van der Waals surface area contributed by atoms with Crippen LogP contribution in [-0.2, 0) is 16.5 Å². The monoisotopic (exact) mass is 477 g/mol. The minimum absolute atomic E-state index is 0.0752. The number of anilines is 2. The van der Waals surface area contributed by atoms with Crippen LogP contribution in [0.25, 0.3) is 5.82 Å². The van der Waals surface area contributed by atoms with E-state index < -0.39 is 35.6 Å². The number of ether oxygens (including phenoxy) is 1. The van der Waals surface area contributed by atoms with Gasteiger partial charge in [0, 0.05) is 18.6 Å². The quantitative estimate of drug-likeness (QED) is 0.539. The Morgan fingerprint density at radius 2 is 1.94 bits per heavy atom. The molecule has 4 heterocycles. The van der Waals surface area contributed by atoms with Crippen molar-refractivity contribution in [3.63, 3.8) is 0 Å². The molecule has 0 aromatic carbocycles. The van der Waals surface area contributed by atoms with Crippen molar-refractivity contribution in [1.29, 1.82) is 0 Å². The van der Waals surface area contributed by atoms with Crippen LogP contribution < -0.4 is 10.2 Å². The summed E-state index contributed by atoms with van der Waals surface area (Å²) in [7, 11) is 0. The van der Waals surface area contributed by atoms with Crippen LogP contribution >= 0.6 is 0 Å². The molecule has 2 atom stereocenters. The first-order valence-electron chi connectivity index (χ1n) is 10.5. The van der Waals surface area contributed by atoms with Crippen molar-refractivity contribution in [3.05, 3.63) is 54.4 Å². The van der Waals surface area contributed by atoms with Gasteiger partial charge < -0.3 is 10.1 Å². The van der Waals surface area contributed by atoms with Gasteiger partial charge in [-0.2, -0.15) is 18.2 Å². The lowest BCUT2D eigenvalue weighted by Crippen LogP contribution is -2.39. The third kappa shape index (κ3) is 4.01. The molecule has 1 aliphatic carbocycles. The zero-order chi connectivity index (χ0) is 24.1. The number of hydrogen-bond acceptors (Lipinski definition) is 7. The molecule has 1 saturated carbocycles. The maximum absolute atomic E-state index is 13.9. The SMILES string of the molecule is C[C@H](F)[C@H]1COC(=O)N1c1ccnc(NC2(c3cn(-c4cc(C(F)(F)F)ccn4)cn3)CC2)n1. The van der Waals surface area contributed by atoms with Crippen molar-refractivity contribution >= 4 is 17.9 Å². The number of nitrogens with one attached hydrogen (secondary N) is 1. The molecule has 1 amide bonds. The average molecular weight is 477 g/mol. The van der Waals surface area contributed by atoms with E-state index in [-0.39, 0.29) is 24.2 Å². The molecule has 1 saturated heterocycles. The number of cyclic esters (lactones) is 1. The minimum Gasteiger partial charge on any atom is -0.447 e. The van der Waals surface area contributed by atoms with Crippen molar-refractivity contribution in [2.75, 3.05) is 16.8 Å². The molecule has 3 aromatic heterocycles. The van der Waals surface area contributed by atoms with E-state index in [1.54, 1.807) is 6.20 Å². The molecule has 0 radical (unpaired) electrons. The van der Waals surface area contributed by atoms with Crippen LogP contribution in [0, 0.1) is 0 Å². The predicted molar refractivity (Wildman–Crippen MR) is 111 cm³/mol. The summed E-state index contributed by atoms with van der Waals surface area (Å²) in [4.78, 5) is 30.2. The Morgan fingerprint density at radius 3 is 2.65 bits per heavy atom. The molecule has 0 bridgehead atoms. The van der Waals surface area contributed by atoms with E-state index in [9.17, 15) is 22.4 Å². The summed E-state index contributed by atoms with van der Waals surface area (Å²) in [5, 5.41) is 3.20. The van der Waals surface area contributed by atoms with Gasteiger partial charge in [0.1, 0.15) is 36.8 Å². The van der Waals surface area contributed by atoms with Gasteiger partial charge in [0.05, 0.1) is 16.8 Å². The Labute approximate surface area is 190 Å². The molecule has 178 valence electrons. The summed E-state index contributed by atoms with van der Waals surface area (Å²) in [6.45, 7) is 1.27. The second kappa shape index (κ2) is 7.92. The fourth-order valence-corrected chi connectivity index (χ4v) is 3.80. The van der Waals surface area contributed by atoms with E-state index in [1.165, 1.54) is 30.1 Å². The van der Waals surface area contributed by atoms with Gasteiger partial charge >= 0.3 is 12.3 Å². The Balaban J connectivity index is 1.38. The molecule has 5 rings (SSSR count). The number of hydrogen-bond donors (Lipinski definition) is 1. The zero-order valence-corrected chi connectivity index (χ0v) is 17.8. The molecule has 0 spiro atoms. The molecule has 9 nitrogen and oxygen atoms in total. The van der Waals surface area contributed by atoms with Gasteiger partial charge in [-0.15, -0.1) is 0 Å². The number of carbonyl (C=O) groups excluding carboxylic acids is 1. The zero-order valence-electron chi connectivity index (χ0n) is 17.8. The van der Waals surface area contributed by atoms with E-state index >= 15 is 0 Å². The van der Waals surface area contributed by atoms with E-state index in [0.717, 1.165) is 23.2 Å². The second-order valence-corrected chi connectivity index (χ2v) is 8.20. The van der Waals surface area contributed by atoms with Crippen LogP contribution in [0.5, 0.6) is 0 Å². The molecule has 1 N–H and O–H groups in total. The van der Waals surface area contributed by atoms with Gasteiger partial charge in [0.2, 0.25) is 5.95 Å². The van der Waals surface area contributed by atoms with Crippen molar-refractivity contribution in [3.8, 4) is 5.82 Å². The Bertz CT molecular complexity index is 1230. The highest BCUT2D eigenvalue weighted by Crippen LogP contribution is 2.47. The standard InChI is InChI=1S/C21H19F4N7O2/c1-12(22)14-10-34-19(33)32(14)16-3-7-27-18(29-16)30-20(4-5-20)15-9-31(11-28-15)17-8-13(2-6-26-17)21(23,24)25/h2-3,6-9,11-12,14H,4-5,10H2,1H3,(H,27,29,30)/t12-,14+/m0/s1. The van der Waals surface area contributed by atoms with E-state index in [0.29, 0.717) is 18.5 Å². The van der Waals surface area contributed by atoms with Crippen LogP contribution in [0.2, 0.25) is 0 Å². The highest BCUT2D eigenvalue weighted by molar-refractivity contribution is 5.89. The lowest BCUT2D eigenvalue weighted by Gasteiger charge is -2.22. The number of aromatic nitrogens is 5. The van der Waals surface area contributed by atoms with Crippen LogP contribution in [0.3, 0.4) is 0 Å². The third-order valence-corrected chi connectivity index (χ3v) is 5.84. The molecule has 2 fully saturated rings. The smallest absolute Gasteiger partial charge is 0.416 e. The first-order valence-corrected chi connectivity index (χ1v) is 10.5. The summed E-state index contributed by atoms with van der Waals surface area (Å²) in [5.74, 6) is 0.484. The highest BCUT2D eigenvalue weighted by Gasteiger charge is 2.47. The predicted octanol–water partition coefficient (Wildman–Crippen LogP) is 3.86. The van der Waals surface area contributed by atoms with Gasteiger partial charge in [-0.1, -0.05) is 0 Å². The van der Waals surface area contributed by atoms with E-state index in [2.05, 4.69) is 25.3 Å². The Kier molecular flexibility index (Phi) is 5.14. The maximum Gasteiger partial charge on any atom is 0.416 e. The molecule has 0 unspecified atom stereocenters. The summed E-state index contributed by atoms with van der Waals surface area (Å²) >= 11 is 0. The molecule has 13 heteroatoms. The number of carbonyl (C=O) groups is 1. The van der Waals surface area contributed by atoms with Gasteiger partial charge in [-0.3, -0.25) is 9.47 Å². The highest BCUT2D eigenvalue weighted by atomic mass is 19.4. The molecule has 3 aromatic rings. The number of amides is 1. The van der Waals surface area contributed by atoms with Gasteiger partial charge in [0.25, 0.3) is 0 Å². The van der Waals surface area contributed by atoms with Crippen molar-refractivity contribution in [1.82, 2.24) is 24.5 Å². The van der Waals surface area contributed by atoms with Gasteiger partial charge in [-0.25, -0.2) is 24.1 Å². The van der Waals surface area contributed by atoms with Crippen molar-refractivity contribution in [2.45, 2.75) is 43.7 Å². The second-order valence-electron chi connectivity index (χ2n) is 8.20. The molecule has 34 heavy (non-hydrogen) atoms. The number of halogens is 4. The largest absolute Gasteiger partial charge is 0.447 e. The lowest BCUT2D eigenvalue weighted by atomic mass is 10.2. The fraction of sp³-hybridized carbons (Fsp3) is 0.381. The third-order valence-electron chi connectivity index (χ3n) is 5.84. The minimum atomic E-state index is -4.48. The molecular formula is C21H19F4N7O2. The maximum atomic E-state index is 13.9. The van der Waals surface area contributed by atoms with Gasteiger partial charge in [-0.05, 0) is 38.0 Å². The Hall–Kier alpha value is -3.77. The summed E-state index contributed by atoms with van der Waals surface area (Å²) in [5.41, 5.74) is -0.848. The van der Waals surface area contributed by atoms with Gasteiger partial charge in [0.15, 0.2) is 0 Å². The summed E-state index contributed by atoms with van der Waals surface area (Å²) in [6, 6.07) is 2.55. The van der Waals surface area contributed by atoms with Crippen molar-refractivity contribution < 1.29 is 27.1 Å². The van der Waals surface area contributed by atoms with Crippen LogP contribution in [-0.4, -0.2) is 49.4 Å². The summed E-state index contributed by atoms with van der Waals surface area (Å²) in [6.07, 6.45) is 0.411. The van der Waals surface area contributed by atoms with E-state index in [4.69, 9.17) is 4.74 Å². The number of rotatable bonds is 6. The Morgan fingerprint density at radius 1 is 1.18 bits per heavy atom. The number of nitrogens with zero attached hydrogens (tertiary/aromatic N) is 6. The van der Waals surface area contributed by atoms with E-state index in [1.807, 2.05) is 0 Å². The lowest BCUT2D eigenvalue weighted by molar-refractivity contribution is -0.137. The molecule has 1 aliphatic heterocycles. The molecule has 2 aliphatic rings. The number of pyridine rings is 1. The average Bonchev–Trinajstić information content (AvgIpc) is 3.21. The van der Waals surface area contributed by atoms with Crippen LogP contribution in [0.15, 0.2) is 43.1 Å². The summed E-state index contributed by atoms with van der Waals surface area (Å²) < 4.78 is 59.4. The topological polar surface area (TPSA) is 98.1 Å². The number of imidazole rings is 1. The molecular weight excluding hydrogens is 458 g/mol. The first-order chi connectivity index (χ1) is 16.2. The van der Waals surface area contributed by atoms with Crippen molar-refractivity contribution in [2.24, 2.45) is 0 Å².